The predicted octanol–water partition coefficient (Wildman–Crippen LogP) is 5.03. The van der Waals surface area contributed by atoms with E-state index in [1.165, 1.54) is 6.33 Å². The molecular weight excluding hydrogens is 513 g/mol. The maximum Gasteiger partial charge on any atom is 0.522 e. The fourth-order valence-corrected chi connectivity index (χ4v) is 6.32. The molecule has 35 heavy (non-hydrogen) atoms. The Labute approximate surface area is 202 Å². The highest BCUT2D eigenvalue weighted by Crippen LogP contribution is 2.36. The zero-order valence-electron chi connectivity index (χ0n) is 18.1. The highest BCUT2D eigenvalue weighted by molar-refractivity contribution is 7.90. The molecule has 0 unspecified atom stereocenters. The summed E-state index contributed by atoms with van der Waals surface area (Å²) < 4.78 is 101. The van der Waals surface area contributed by atoms with Gasteiger partial charge in [-0.2, -0.15) is 4.37 Å². The largest absolute Gasteiger partial charge is 0.522 e. The third kappa shape index (κ3) is 6.40. The summed E-state index contributed by atoms with van der Waals surface area (Å²) in [5.74, 6) is -2.66. The summed E-state index contributed by atoms with van der Waals surface area (Å²) in [6.07, 6.45) is -4.64. The Balaban J connectivity index is 1.57. The summed E-state index contributed by atoms with van der Waals surface area (Å²) >= 11 is 0.839. The van der Waals surface area contributed by atoms with E-state index in [-0.39, 0.29) is 36.5 Å². The quantitative estimate of drug-likeness (QED) is 0.397. The van der Waals surface area contributed by atoms with Crippen molar-refractivity contribution in [1.82, 2.24) is 14.3 Å². The van der Waals surface area contributed by atoms with E-state index in [1.54, 1.807) is 35.2 Å². The molecule has 0 amide bonds. The summed E-state index contributed by atoms with van der Waals surface area (Å²) in [4.78, 5) is 4.71. The summed E-state index contributed by atoms with van der Waals surface area (Å²) in [6, 6.07) is 9.64. The standard InChI is InChI=1S/C22H20F5N3O3S2/c23-17-10-20(35(31,32)12-21-28-13-29-34-21)18(24)8-15(17)11-30-7-6-16(33-22(25,26)27)9-19(30)14-4-2-1-3-5-14/h1-5,8,10,13,16,19H,6-7,9,11-12H2/t16-,19+/m0/s1. The van der Waals surface area contributed by atoms with Gasteiger partial charge in [0, 0.05) is 24.7 Å². The second-order valence-corrected chi connectivity index (χ2v) is 10.9. The first-order chi connectivity index (χ1) is 16.5. The number of ether oxygens (including phenoxy) is 1. The molecule has 2 aromatic carbocycles. The average Bonchev–Trinajstić information content (AvgIpc) is 3.28. The maximum absolute atomic E-state index is 15.0. The van der Waals surface area contributed by atoms with Crippen LogP contribution in [0.25, 0.3) is 0 Å². The molecule has 0 aliphatic carbocycles. The molecule has 1 saturated heterocycles. The molecule has 3 aromatic rings. The second kappa shape index (κ2) is 10.2. The van der Waals surface area contributed by atoms with Gasteiger partial charge < -0.3 is 0 Å². The molecule has 1 fully saturated rings. The summed E-state index contributed by atoms with van der Waals surface area (Å²) in [5, 5.41) is 0.142. The molecule has 0 saturated carbocycles. The highest BCUT2D eigenvalue weighted by Gasteiger charge is 2.38. The minimum atomic E-state index is -4.78. The van der Waals surface area contributed by atoms with Crippen molar-refractivity contribution in [1.29, 1.82) is 0 Å². The number of hydrogen-bond acceptors (Lipinski definition) is 7. The van der Waals surface area contributed by atoms with Crippen molar-refractivity contribution in [2.24, 2.45) is 0 Å². The molecule has 1 aliphatic heterocycles. The molecule has 6 nitrogen and oxygen atoms in total. The number of alkyl halides is 3. The molecular formula is C22H20F5N3O3S2. The smallest absolute Gasteiger partial charge is 0.292 e. The number of likely N-dealkylation sites (tertiary alicyclic amines) is 1. The van der Waals surface area contributed by atoms with Gasteiger partial charge >= 0.3 is 6.36 Å². The van der Waals surface area contributed by atoms with Gasteiger partial charge in [0.25, 0.3) is 0 Å². The fraction of sp³-hybridized carbons (Fsp3) is 0.364. The number of sulfone groups is 1. The van der Waals surface area contributed by atoms with Gasteiger partial charge in [0.05, 0.1) is 6.10 Å². The topological polar surface area (TPSA) is 72.4 Å². The molecule has 0 N–H and O–H groups in total. The van der Waals surface area contributed by atoms with E-state index in [9.17, 15) is 30.4 Å². The lowest BCUT2D eigenvalue weighted by Gasteiger charge is -2.40. The molecule has 1 aromatic heterocycles. The first-order valence-electron chi connectivity index (χ1n) is 10.5. The normalized spacial score (nSPS) is 19.7. The van der Waals surface area contributed by atoms with E-state index < -0.39 is 50.6 Å². The minimum Gasteiger partial charge on any atom is -0.292 e. The molecule has 188 valence electrons. The SMILES string of the molecule is O=S(=O)(Cc1ncns1)c1cc(F)c(CN2CC[C@H](OC(F)(F)F)C[C@@H]2c2ccccc2)cc1F. The molecule has 4 rings (SSSR count). The lowest BCUT2D eigenvalue weighted by Crippen LogP contribution is -2.41. The number of hydrogen-bond donors (Lipinski definition) is 0. The van der Waals surface area contributed by atoms with Crippen LogP contribution < -0.4 is 0 Å². The van der Waals surface area contributed by atoms with E-state index in [0.29, 0.717) is 11.6 Å². The van der Waals surface area contributed by atoms with Gasteiger partial charge in [0.1, 0.15) is 33.6 Å². The van der Waals surface area contributed by atoms with Crippen molar-refractivity contribution < 1.29 is 35.1 Å². The monoisotopic (exact) mass is 533 g/mol. The van der Waals surface area contributed by atoms with Crippen molar-refractivity contribution >= 4 is 21.4 Å². The van der Waals surface area contributed by atoms with Gasteiger partial charge in [-0.3, -0.25) is 9.64 Å². The first-order valence-corrected chi connectivity index (χ1v) is 12.9. The van der Waals surface area contributed by atoms with Crippen LogP contribution in [0.15, 0.2) is 53.7 Å². The molecule has 2 heterocycles. The summed E-state index contributed by atoms with van der Waals surface area (Å²) in [7, 11) is -4.21. The van der Waals surface area contributed by atoms with Crippen molar-refractivity contribution in [2.45, 2.75) is 48.5 Å². The van der Waals surface area contributed by atoms with E-state index in [4.69, 9.17) is 0 Å². The van der Waals surface area contributed by atoms with Gasteiger partial charge in [-0.15, -0.1) is 13.2 Å². The Morgan fingerprint density at radius 1 is 1.11 bits per heavy atom. The third-order valence-corrected chi connectivity index (χ3v) is 8.16. The molecule has 2 atom stereocenters. The fourth-order valence-electron chi connectivity index (χ4n) is 4.14. The Hall–Kier alpha value is -2.48. The van der Waals surface area contributed by atoms with E-state index in [2.05, 4.69) is 14.1 Å². The van der Waals surface area contributed by atoms with E-state index >= 15 is 0 Å². The van der Waals surface area contributed by atoms with Crippen molar-refractivity contribution in [3.63, 3.8) is 0 Å². The van der Waals surface area contributed by atoms with Gasteiger partial charge in [0.15, 0.2) is 9.84 Å². The van der Waals surface area contributed by atoms with Crippen LogP contribution in [0.4, 0.5) is 22.0 Å². The number of nitrogens with zero attached hydrogens (tertiary/aromatic N) is 3. The van der Waals surface area contributed by atoms with Gasteiger partial charge in [0.2, 0.25) is 0 Å². The lowest BCUT2D eigenvalue weighted by atomic mass is 9.92. The summed E-state index contributed by atoms with van der Waals surface area (Å²) in [5.41, 5.74) is 0.605. The Bertz CT molecular complexity index is 1260. The van der Waals surface area contributed by atoms with Crippen LogP contribution >= 0.6 is 11.5 Å². The van der Waals surface area contributed by atoms with Gasteiger partial charge in [-0.05, 0) is 42.1 Å². The van der Waals surface area contributed by atoms with Crippen LogP contribution in [0.3, 0.4) is 0 Å². The first kappa shape index (κ1) is 25.6. The Morgan fingerprint density at radius 3 is 2.51 bits per heavy atom. The summed E-state index contributed by atoms with van der Waals surface area (Å²) in [6.45, 7) is 0.0102. The molecule has 0 spiro atoms. The number of aromatic nitrogens is 2. The average molecular weight is 534 g/mol. The third-order valence-electron chi connectivity index (χ3n) is 5.68. The van der Waals surface area contributed by atoms with Gasteiger partial charge in [-0.1, -0.05) is 30.3 Å². The van der Waals surface area contributed by atoms with Crippen molar-refractivity contribution in [3.8, 4) is 0 Å². The van der Waals surface area contributed by atoms with Crippen molar-refractivity contribution in [3.05, 3.63) is 76.6 Å². The number of piperidine rings is 1. The number of halogens is 5. The van der Waals surface area contributed by atoms with Crippen LogP contribution in [0.5, 0.6) is 0 Å². The predicted molar refractivity (Wildman–Crippen MR) is 117 cm³/mol. The van der Waals surface area contributed by atoms with Gasteiger partial charge in [-0.25, -0.2) is 22.2 Å². The molecule has 0 bridgehead atoms. The molecule has 1 aliphatic rings. The van der Waals surface area contributed by atoms with Crippen LogP contribution in [0.2, 0.25) is 0 Å². The van der Waals surface area contributed by atoms with Crippen LogP contribution in [-0.4, -0.2) is 41.7 Å². The Kier molecular flexibility index (Phi) is 7.50. The number of benzene rings is 2. The number of rotatable bonds is 7. The van der Waals surface area contributed by atoms with Crippen molar-refractivity contribution in [2.75, 3.05) is 6.54 Å². The minimum absolute atomic E-state index is 0.00192. The van der Waals surface area contributed by atoms with Crippen LogP contribution in [-0.2, 0) is 26.9 Å². The maximum atomic E-state index is 15.0. The second-order valence-electron chi connectivity index (χ2n) is 8.08. The lowest BCUT2D eigenvalue weighted by molar-refractivity contribution is -0.347. The zero-order chi connectivity index (χ0) is 25.2. The van der Waals surface area contributed by atoms with Crippen LogP contribution in [0.1, 0.15) is 35.0 Å². The molecule has 0 radical (unpaired) electrons. The Morgan fingerprint density at radius 2 is 1.86 bits per heavy atom. The molecule has 13 heteroatoms. The van der Waals surface area contributed by atoms with E-state index in [1.807, 2.05) is 0 Å². The van der Waals surface area contributed by atoms with E-state index in [0.717, 1.165) is 17.6 Å². The van der Waals surface area contributed by atoms with Crippen LogP contribution in [0, 0.1) is 11.6 Å². The zero-order valence-corrected chi connectivity index (χ0v) is 19.7. The highest BCUT2D eigenvalue weighted by atomic mass is 32.2.